The highest BCUT2D eigenvalue weighted by Gasteiger charge is 2.34. The van der Waals surface area contributed by atoms with Gasteiger partial charge in [-0.15, -0.1) is 10.2 Å². The lowest BCUT2D eigenvalue weighted by Gasteiger charge is -2.46. The zero-order valence-corrected chi connectivity index (χ0v) is 8.54. The van der Waals surface area contributed by atoms with E-state index >= 15 is 0 Å². The van der Waals surface area contributed by atoms with Gasteiger partial charge in [0.05, 0.1) is 0 Å². The maximum Gasteiger partial charge on any atom is 0.151 e. The van der Waals surface area contributed by atoms with E-state index in [-0.39, 0.29) is 0 Å². The summed E-state index contributed by atoms with van der Waals surface area (Å²) < 4.78 is 0. The molecule has 13 heavy (non-hydrogen) atoms. The van der Waals surface area contributed by atoms with E-state index in [9.17, 15) is 0 Å². The van der Waals surface area contributed by atoms with Gasteiger partial charge in [-0.1, -0.05) is 25.4 Å². The Morgan fingerprint density at radius 1 is 1.31 bits per heavy atom. The van der Waals surface area contributed by atoms with Gasteiger partial charge < -0.3 is 4.90 Å². The van der Waals surface area contributed by atoms with Crippen molar-refractivity contribution in [2.45, 2.75) is 13.8 Å². The summed E-state index contributed by atoms with van der Waals surface area (Å²) in [6, 6.07) is 3.68. The fourth-order valence-electron chi connectivity index (χ4n) is 1.63. The first kappa shape index (κ1) is 8.75. The lowest BCUT2D eigenvalue weighted by molar-refractivity contribution is 0.274. The van der Waals surface area contributed by atoms with Gasteiger partial charge >= 0.3 is 0 Å². The van der Waals surface area contributed by atoms with Crippen molar-refractivity contribution in [3.63, 3.8) is 0 Å². The monoisotopic (exact) mass is 197 g/mol. The van der Waals surface area contributed by atoms with Crippen LogP contribution < -0.4 is 4.90 Å². The fraction of sp³-hybridized carbons (Fsp3) is 0.556. The lowest BCUT2D eigenvalue weighted by Crippen LogP contribution is -2.53. The van der Waals surface area contributed by atoms with Crippen LogP contribution in [0.25, 0.3) is 0 Å². The molecule has 1 aromatic heterocycles. The third-order valence-electron chi connectivity index (χ3n) is 2.18. The Morgan fingerprint density at radius 3 is 2.46 bits per heavy atom. The highest BCUT2D eigenvalue weighted by atomic mass is 35.5. The zero-order chi connectivity index (χ0) is 9.47. The molecule has 1 aromatic rings. The highest BCUT2D eigenvalue weighted by Crippen LogP contribution is 2.31. The summed E-state index contributed by atoms with van der Waals surface area (Å²) >= 11 is 5.64. The van der Waals surface area contributed by atoms with Crippen molar-refractivity contribution in [1.82, 2.24) is 10.2 Å². The molecule has 0 N–H and O–H groups in total. The minimum atomic E-state index is 0.418. The zero-order valence-electron chi connectivity index (χ0n) is 7.79. The van der Waals surface area contributed by atoms with Gasteiger partial charge in [-0.05, 0) is 17.5 Å². The van der Waals surface area contributed by atoms with Crippen molar-refractivity contribution in [3.05, 3.63) is 17.3 Å². The van der Waals surface area contributed by atoms with Gasteiger partial charge in [-0.25, -0.2) is 0 Å². The van der Waals surface area contributed by atoms with Crippen LogP contribution in [-0.4, -0.2) is 23.3 Å². The van der Waals surface area contributed by atoms with E-state index < -0.39 is 0 Å². The molecule has 2 heterocycles. The third-order valence-corrected chi connectivity index (χ3v) is 2.38. The molecule has 1 fully saturated rings. The van der Waals surface area contributed by atoms with Crippen LogP contribution in [0.2, 0.25) is 5.15 Å². The van der Waals surface area contributed by atoms with Crippen LogP contribution in [0, 0.1) is 5.41 Å². The van der Waals surface area contributed by atoms with Gasteiger partial charge in [-0.3, -0.25) is 0 Å². The van der Waals surface area contributed by atoms with Gasteiger partial charge in [0.15, 0.2) is 11.0 Å². The molecule has 0 spiro atoms. The second-order valence-corrected chi connectivity index (χ2v) is 4.62. The molecule has 4 heteroatoms. The average Bonchev–Trinajstić information content (AvgIpc) is 2.01. The molecule has 0 aromatic carbocycles. The van der Waals surface area contributed by atoms with Gasteiger partial charge in [-0.2, -0.15) is 0 Å². The Bertz CT molecular complexity index is 299. The number of hydrogen-bond acceptors (Lipinski definition) is 3. The molecule has 0 atom stereocenters. The molecular formula is C9H12ClN3. The summed E-state index contributed by atoms with van der Waals surface area (Å²) in [4.78, 5) is 2.20. The molecule has 0 unspecified atom stereocenters. The van der Waals surface area contributed by atoms with E-state index in [1.54, 1.807) is 6.07 Å². The molecule has 0 amide bonds. The molecule has 3 nitrogen and oxygen atoms in total. The SMILES string of the molecule is CC1(C)CN(c2ccc(Cl)nn2)C1. The average molecular weight is 198 g/mol. The lowest BCUT2D eigenvalue weighted by atomic mass is 9.84. The van der Waals surface area contributed by atoms with Crippen molar-refractivity contribution >= 4 is 17.4 Å². The second kappa shape index (κ2) is 2.84. The third kappa shape index (κ3) is 1.75. The van der Waals surface area contributed by atoms with Crippen LogP contribution in [0.3, 0.4) is 0 Å². The molecule has 1 aliphatic heterocycles. The molecule has 70 valence electrons. The minimum Gasteiger partial charge on any atom is -0.354 e. The summed E-state index contributed by atoms with van der Waals surface area (Å²) in [6.45, 7) is 6.58. The molecule has 0 radical (unpaired) electrons. The van der Waals surface area contributed by atoms with Gasteiger partial charge in [0, 0.05) is 13.1 Å². The van der Waals surface area contributed by atoms with Crippen molar-refractivity contribution < 1.29 is 0 Å². The maximum atomic E-state index is 5.64. The summed E-state index contributed by atoms with van der Waals surface area (Å²) in [6.07, 6.45) is 0. The summed E-state index contributed by atoms with van der Waals surface area (Å²) in [7, 11) is 0. The molecule has 1 saturated heterocycles. The van der Waals surface area contributed by atoms with Crippen molar-refractivity contribution in [2.24, 2.45) is 5.41 Å². The van der Waals surface area contributed by atoms with Crippen molar-refractivity contribution in [1.29, 1.82) is 0 Å². The topological polar surface area (TPSA) is 29.0 Å². The van der Waals surface area contributed by atoms with E-state index in [4.69, 9.17) is 11.6 Å². The first-order valence-electron chi connectivity index (χ1n) is 4.31. The second-order valence-electron chi connectivity index (χ2n) is 4.23. The summed E-state index contributed by atoms with van der Waals surface area (Å²) in [5.41, 5.74) is 0.418. The number of halogens is 1. The van der Waals surface area contributed by atoms with Gasteiger partial charge in [0.25, 0.3) is 0 Å². The predicted octanol–water partition coefficient (Wildman–Crippen LogP) is 1.98. The number of anilines is 1. The standard InChI is InChI=1S/C9H12ClN3/c1-9(2)5-13(6-9)8-4-3-7(10)11-12-8/h3-4H,5-6H2,1-2H3. The largest absolute Gasteiger partial charge is 0.354 e. The van der Waals surface area contributed by atoms with E-state index in [1.165, 1.54) is 0 Å². The van der Waals surface area contributed by atoms with Crippen molar-refractivity contribution in [2.75, 3.05) is 18.0 Å². The quantitative estimate of drug-likeness (QED) is 0.690. The molecule has 0 aliphatic carbocycles. The predicted molar refractivity (Wildman–Crippen MR) is 53.0 cm³/mol. The van der Waals surface area contributed by atoms with Crippen molar-refractivity contribution in [3.8, 4) is 0 Å². The first-order chi connectivity index (χ1) is 6.07. The Balaban J connectivity index is 2.08. The van der Waals surface area contributed by atoms with Gasteiger partial charge in [0.2, 0.25) is 0 Å². The van der Waals surface area contributed by atoms with Crippen LogP contribution in [0.4, 0.5) is 5.82 Å². The van der Waals surface area contributed by atoms with Crippen LogP contribution in [-0.2, 0) is 0 Å². The molecule has 0 bridgehead atoms. The summed E-state index contributed by atoms with van der Waals surface area (Å²) in [5, 5.41) is 8.26. The fourth-order valence-corrected chi connectivity index (χ4v) is 1.73. The van der Waals surface area contributed by atoms with Crippen LogP contribution in [0.5, 0.6) is 0 Å². The maximum absolute atomic E-state index is 5.64. The number of rotatable bonds is 1. The van der Waals surface area contributed by atoms with Gasteiger partial charge in [0.1, 0.15) is 0 Å². The number of aromatic nitrogens is 2. The van der Waals surface area contributed by atoms with E-state index in [1.807, 2.05) is 6.07 Å². The molecule has 1 aliphatic rings. The summed E-state index contributed by atoms with van der Waals surface area (Å²) in [5.74, 6) is 0.920. The Hall–Kier alpha value is -0.830. The molecule has 0 saturated carbocycles. The molecular weight excluding hydrogens is 186 g/mol. The van der Waals surface area contributed by atoms with E-state index in [2.05, 4.69) is 28.9 Å². The van der Waals surface area contributed by atoms with Crippen LogP contribution >= 0.6 is 11.6 Å². The number of nitrogens with zero attached hydrogens (tertiary/aromatic N) is 3. The highest BCUT2D eigenvalue weighted by molar-refractivity contribution is 6.29. The Labute approximate surface area is 82.7 Å². The number of hydrogen-bond donors (Lipinski definition) is 0. The van der Waals surface area contributed by atoms with Crippen LogP contribution in [0.1, 0.15) is 13.8 Å². The van der Waals surface area contributed by atoms with Crippen LogP contribution in [0.15, 0.2) is 12.1 Å². The van der Waals surface area contributed by atoms with E-state index in [0.717, 1.165) is 18.9 Å². The minimum absolute atomic E-state index is 0.418. The Morgan fingerprint density at radius 2 is 2.00 bits per heavy atom. The first-order valence-corrected chi connectivity index (χ1v) is 4.69. The van der Waals surface area contributed by atoms with E-state index in [0.29, 0.717) is 10.6 Å². The normalized spacial score (nSPS) is 19.8. The molecule has 2 rings (SSSR count). The smallest absolute Gasteiger partial charge is 0.151 e. The Kier molecular flexibility index (Phi) is 1.91.